The summed E-state index contributed by atoms with van der Waals surface area (Å²) in [7, 11) is 0. The molecule has 1 nitrogen and oxygen atoms in total. The van der Waals surface area contributed by atoms with Gasteiger partial charge in [0.25, 0.3) is 0 Å². The van der Waals surface area contributed by atoms with Crippen molar-refractivity contribution in [3.63, 3.8) is 0 Å². The first kappa shape index (κ1) is 8.51. The second kappa shape index (κ2) is 3.21. The SMILES string of the molecule is CC(C)=CCCC1(C=O)CC1. The van der Waals surface area contributed by atoms with Crippen molar-refractivity contribution in [3.8, 4) is 0 Å². The van der Waals surface area contributed by atoms with Gasteiger partial charge in [-0.3, -0.25) is 0 Å². The minimum absolute atomic E-state index is 0.103. The van der Waals surface area contributed by atoms with Crippen molar-refractivity contribution in [2.45, 2.75) is 39.5 Å². The van der Waals surface area contributed by atoms with Gasteiger partial charge in [0, 0.05) is 5.41 Å². The highest BCUT2D eigenvalue weighted by Gasteiger charge is 2.41. The monoisotopic (exact) mass is 152 g/mol. The zero-order chi connectivity index (χ0) is 8.32. The van der Waals surface area contributed by atoms with Crippen molar-refractivity contribution >= 4 is 6.29 Å². The van der Waals surface area contributed by atoms with Gasteiger partial charge in [-0.05, 0) is 39.5 Å². The van der Waals surface area contributed by atoms with E-state index >= 15 is 0 Å². The van der Waals surface area contributed by atoms with E-state index < -0.39 is 0 Å². The first-order valence-corrected chi connectivity index (χ1v) is 4.28. The lowest BCUT2D eigenvalue weighted by Crippen LogP contribution is -1.99. The molecule has 0 aromatic carbocycles. The van der Waals surface area contributed by atoms with Crippen molar-refractivity contribution in [1.29, 1.82) is 0 Å². The van der Waals surface area contributed by atoms with E-state index in [-0.39, 0.29) is 5.41 Å². The van der Waals surface area contributed by atoms with Crippen LogP contribution in [0.25, 0.3) is 0 Å². The van der Waals surface area contributed by atoms with Gasteiger partial charge < -0.3 is 4.79 Å². The summed E-state index contributed by atoms with van der Waals surface area (Å²) < 4.78 is 0. The lowest BCUT2D eigenvalue weighted by Gasteiger charge is -2.02. The summed E-state index contributed by atoms with van der Waals surface area (Å²) in [6, 6.07) is 0. The van der Waals surface area contributed by atoms with Gasteiger partial charge >= 0.3 is 0 Å². The van der Waals surface area contributed by atoms with Crippen LogP contribution in [0.15, 0.2) is 11.6 Å². The molecule has 0 saturated heterocycles. The van der Waals surface area contributed by atoms with Crippen LogP contribution in [0, 0.1) is 5.41 Å². The molecule has 1 rings (SSSR count). The van der Waals surface area contributed by atoms with E-state index in [9.17, 15) is 4.79 Å². The minimum atomic E-state index is 0.103. The summed E-state index contributed by atoms with van der Waals surface area (Å²) in [5.41, 5.74) is 1.46. The molecule has 62 valence electrons. The predicted octanol–water partition coefficient (Wildman–Crippen LogP) is 2.71. The molecule has 0 spiro atoms. The molecule has 1 saturated carbocycles. The molecule has 1 fully saturated rings. The third kappa shape index (κ3) is 2.49. The topological polar surface area (TPSA) is 17.1 Å². The number of hydrogen-bond acceptors (Lipinski definition) is 1. The Morgan fingerprint density at radius 1 is 1.45 bits per heavy atom. The van der Waals surface area contributed by atoms with Crippen LogP contribution in [0.5, 0.6) is 0 Å². The lowest BCUT2D eigenvalue weighted by molar-refractivity contribution is -0.112. The number of aldehydes is 1. The first-order valence-electron chi connectivity index (χ1n) is 4.28. The Hall–Kier alpha value is -0.590. The Labute approximate surface area is 68.5 Å². The number of rotatable bonds is 4. The lowest BCUT2D eigenvalue weighted by atomic mass is 10.0. The molecule has 0 heterocycles. The molecule has 1 heteroatoms. The zero-order valence-electron chi connectivity index (χ0n) is 7.39. The van der Waals surface area contributed by atoms with Gasteiger partial charge in [0.15, 0.2) is 0 Å². The van der Waals surface area contributed by atoms with E-state index in [2.05, 4.69) is 19.9 Å². The maximum atomic E-state index is 10.5. The molecule has 0 bridgehead atoms. The Morgan fingerprint density at radius 3 is 2.45 bits per heavy atom. The highest BCUT2D eigenvalue weighted by Crippen LogP contribution is 2.47. The molecule has 1 aliphatic rings. The molecule has 11 heavy (non-hydrogen) atoms. The van der Waals surface area contributed by atoms with Gasteiger partial charge in [-0.15, -0.1) is 0 Å². The standard InChI is InChI=1S/C10H16O/c1-9(2)4-3-5-10(8-11)6-7-10/h4,8H,3,5-7H2,1-2H3. The summed E-state index contributed by atoms with van der Waals surface area (Å²) in [6.07, 6.45) is 7.72. The molecule has 1 aliphatic carbocycles. The van der Waals surface area contributed by atoms with Crippen molar-refractivity contribution < 1.29 is 4.79 Å². The fourth-order valence-corrected chi connectivity index (χ4v) is 1.24. The third-order valence-electron chi connectivity index (χ3n) is 2.34. The van der Waals surface area contributed by atoms with Gasteiger partial charge in [0.05, 0.1) is 0 Å². The highest BCUT2D eigenvalue weighted by molar-refractivity contribution is 5.63. The largest absolute Gasteiger partial charge is 0.303 e. The van der Waals surface area contributed by atoms with E-state index in [0.717, 1.165) is 32.0 Å². The molecule has 0 atom stereocenters. The number of allylic oxidation sites excluding steroid dienone is 2. The number of carbonyl (C=O) groups excluding carboxylic acids is 1. The molecule has 0 aromatic heterocycles. The highest BCUT2D eigenvalue weighted by atomic mass is 16.1. The normalized spacial score (nSPS) is 19.1. The van der Waals surface area contributed by atoms with E-state index in [1.807, 2.05) is 0 Å². The van der Waals surface area contributed by atoms with Crippen LogP contribution < -0.4 is 0 Å². The van der Waals surface area contributed by atoms with Crippen LogP contribution >= 0.6 is 0 Å². The average molecular weight is 152 g/mol. The molecular weight excluding hydrogens is 136 g/mol. The maximum absolute atomic E-state index is 10.5. The van der Waals surface area contributed by atoms with Gasteiger partial charge in [-0.2, -0.15) is 0 Å². The third-order valence-corrected chi connectivity index (χ3v) is 2.34. The Morgan fingerprint density at radius 2 is 2.09 bits per heavy atom. The molecule has 0 amide bonds. The molecule has 0 aliphatic heterocycles. The van der Waals surface area contributed by atoms with Crippen LogP contribution in [-0.2, 0) is 4.79 Å². The fourth-order valence-electron chi connectivity index (χ4n) is 1.24. The molecule has 0 unspecified atom stereocenters. The van der Waals surface area contributed by atoms with E-state index in [1.54, 1.807) is 0 Å². The Bertz CT molecular complexity index is 171. The van der Waals surface area contributed by atoms with Crippen molar-refractivity contribution in [3.05, 3.63) is 11.6 Å². The number of hydrogen-bond donors (Lipinski definition) is 0. The summed E-state index contributed by atoms with van der Waals surface area (Å²) in [4.78, 5) is 10.5. The summed E-state index contributed by atoms with van der Waals surface area (Å²) in [5, 5.41) is 0. The van der Waals surface area contributed by atoms with Gasteiger partial charge in [-0.1, -0.05) is 11.6 Å². The van der Waals surface area contributed by atoms with Crippen LogP contribution in [0.2, 0.25) is 0 Å². The molecule has 0 radical (unpaired) electrons. The van der Waals surface area contributed by atoms with Crippen LogP contribution in [0.3, 0.4) is 0 Å². The van der Waals surface area contributed by atoms with Crippen molar-refractivity contribution in [2.24, 2.45) is 5.41 Å². The Kier molecular flexibility index (Phi) is 2.48. The average Bonchev–Trinajstić information content (AvgIpc) is 2.69. The van der Waals surface area contributed by atoms with Crippen LogP contribution in [0.4, 0.5) is 0 Å². The summed E-state index contributed by atoms with van der Waals surface area (Å²) in [6.45, 7) is 4.20. The second-order valence-corrected chi connectivity index (χ2v) is 3.80. The smallest absolute Gasteiger partial charge is 0.126 e. The van der Waals surface area contributed by atoms with Gasteiger partial charge in [0.2, 0.25) is 0 Å². The molecular formula is C10H16O. The van der Waals surface area contributed by atoms with Gasteiger partial charge in [0.1, 0.15) is 6.29 Å². The summed E-state index contributed by atoms with van der Waals surface area (Å²) in [5.74, 6) is 0. The van der Waals surface area contributed by atoms with Crippen molar-refractivity contribution in [1.82, 2.24) is 0 Å². The van der Waals surface area contributed by atoms with E-state index in [1.165, 1.54) is 5.57 Å². The maximum Gasteiger partial charge on any atom is 0.126 e. The molecule has 0 aromatic rings. The van der Waals surface area contributed by atoms with Crippen molar-refractivity contribution in [2.75, 3.05) is 0 Å². The molecule has 0 N–H and O–H groups in total. The number of carbonyl (C=O) groups is 1. The van der Waals surface area contributed by atoms with Crippen LogP contribution in [0.1, 0.15) is 39.5 Å². The van der Waals surface area contributed by atoms with E-state index in [4.69, 9.17) is 0 Å². The fraction of sp³-hybridized carbons (Fsp3) is 0.700. The zero-order valence-corrected chi connectivity index (χ0v) is 7.39. The predicted molar refractivity (Wildman–Crippen MR) is 46.4 cm³/mol. The Balaban J connectivity index is 2.22. The van der Waals surface area contributed by atoms with E-state index in [0.29, 0.717) is 0 Å². The van der Waals surface area contributed by atoms with Gasteiger partial charge in [-0.25, -0.2) is 0 Å². The van der Waals surface area contributed by atoms with Crippen LogP contribution in [-0.4, -0.2) is 6.29 Å². The first-order chi connectivity index (χ1) is 5.18. The minimum Gasteiger partial charge on any atom is -0.303 e. The quantitative estimate of drug-likeness (QED) is 0.447. The second-order valence-electron chi connectivity index (χ2n) is 3.80. The summed E-state index contributed by atoms with van der Waals surface area (Å²) >= 11 is 0.